The van der Waals surface area contributed by atoms with E-state index < -0.39 is 11.7 Å². The van der Waals surface area contributed by atoms with Crippen LogP contribution in [-0.2, 0) is 4.74 Å². The van der Waals surface area contributed by atoms with Gasteiger partial charge in [0.05, 0.1) is 11.4 Å². The summed E-state index contributed by atoms with van der Waals surface area (Å²) >= 11 is 0. The second-order valence-electron chi connectivity index (χ2n) is 5.76. The zero-order valence-corrected chi connectivity index (χ0v) is 12.5. The number of amides is 1. The van der Waals surface area contributed by atoms with E-state index in [0.717, 1.165) is 11.1 Å². The number of nitrogen functional groups attached to an aromatic ring is 1. The molecule has 3 N–H and O–H groups in total. The van der Waals surface area contributed by atoms with Gasteiger partial charge in [-0.3, -0.25) is 5.32 Å². The summed E-state index contributed by atoms with van der Waals surface area (Å²) in [6.07, 6.45) is -0.516. The quantitative estimate of drug-likeness (QED) is 0.809. The number of benzene rings is 2. The van der Waals surface area contributed by atoms with Crippen LogP contribution < -0.4 is 11.1 Å². The zero-order chi connectivity index (χ0) is 15.5. The summed E-state index contributed by atoms with van der Waals surface area (Å²) in [5, 5.41) is 2.75. The number of nitrogens with one attached hydrogen (secondary N) is 1. The topological polar surface area (TPSA) is 64.3 Å². The number of hydrogen-bond donors (Lipinski definition) is 2. The van der Waals surface area contributed by atoms with Crippen molar-refractivity contribution in [2.75, 3.05) is 11.1 Å². The Bertz CT molecular complexity index is 631. The Labute approximate surface area is 124 Å². The van der Waals surface area contributed by atoms with E-state index in [9.17, 15) is 4.79 Å². The maximum Gasteiger partial charge on any atom is 0.412 e. The fourth-order valence-electron chi connectivity index (χ4n) is 1.97. The Hall–Kier alpha value is -2.49. The summed E-state index contributed by atoms with van der Waals surface area (Å²) in [7, 11) is 0. The van der Waals surface area contributed by atoms with Gasteiger partial charge in [0, 0.05) is 5.56 Å². The van der Waals surface area contributed by atoms with Gasteiger partial charge in [-0.15, -0.1) is 0 Å². The molecule has 0 radical (unpaired) electrons. The van der Waals surface area contributed by atoms with Crippen molar-refractivity contribution in [3.05, 3.63) is 48.5 Å². The lowest BCUT2D eigenvalue weighted by molar-refractivity contribution is 0.0636. The van der Waals surface area contributed by atoms with Crippen LogP contribution in [0, 0.1) is 0 Å². The monoisotopic (exact) mass is 284 g/mol. The molecule has 2 aromatic carbocycles. The first-order valence-corrected chi connectivity index (χ1v) is 6.81. The third-order valence-electron chi connectivity index (χ3n) is 2.81. The van der Waals surface area contributed by atoms with Crippen LogP contribution >= 0.6 is 0 Å². The fraction of sp³-hybridized carbons (Fsp3) is 0.235. The molecule has 0 aliphatic heterocycles. The standard InChI is InChI=1S/C17H20N2O2/c1-17(2,3)21-16(20)19-15-13(10-7-11-14(15)18)12-8-5-4-6-9-12/h4-11H,18H2,1-3H3,(H,19,20). The van der Waals surface area contributed by atoms with Gasteiger partial charge in [-0.2, -0.15) is 0 Å². The third kappa shape index (κ3) is 3.99. The Morgan fingerprint density at radius 1 is 1.05 bits per heavy atom. The summed E-state index contributed by atoms with van der Waals surface area (Å²) in [5.74, 6) is 0. The van der Waals surface area contributed by atoms with Crippen LogP contribution in [0.3, 0.4) is 0 Å². The maximum absolute atomic E-state index is 12.0. The Kier molecular flexibility index (Phi) is 4.17. The highest BCUT2D eigenvalue weighted by Gasteiger charge is 2.18. The highest BCUT2D eigenvalue weighted by molar-refractivity contribution is 5.96. The molecule has 0 unspecified atom stereocenters. The second kappa shape index (κ2) is 5.87. The van der Waals surface area contributed by atoms with Gasteiger partial charge in [0.15, 0.2) is 0 Å². The van der Waals surface area contributed by atoms with Crippen molar-refractivity contribution in [3.63, 3.8) is 0 Å². The Morgan fingerprint density at radius 3 is 2.33 bits per heavy atom. The van der Waals surface area contributed by atoms with Crippen LogP contribution in [-0.4, -0.2) is 11.7 Å². The Balaban J connectivity index is 2.33. The lowest BCUT2D eigenvalue weighted by Gasteiger charge is -2.21. The number of anilines is 2. The summed E-state index contributed by atoms with van der Waals surface area (Å²) in [4.78, 5) is 12.0. The molecular formula is C17H20N2O2. The van der Waals surface area contributed by atoms with E-state index in [-0.39, 0.29) is 0 Å². The van der Waals surface area contributed by atoms with Crippen molar-refractivity contribution in [1.82, 2.24) is 0 Å². The van der Waals surface area contributed by atoms with Crippen molar-refractivity contribution >= 4 is 17.5 Å². The van der Waals surface area contributed by atoms with Gasteiger partial charge in [-0.05, 0) is 32.4 Å². The molecule has 2 aromatic rings. The van der Waals surface area contributed by atoms with E-state index in [1.54, 1.807) is 6.07 Å². The van der Waals surface area contributed by atoms with Gasteiger partial charge in [-0.25, -0.2) is 4.79 Å². The number of carbonyl (C=O) groups excluding carboxylic acids is 1. The van der Waals surface area contributed by atoms with Gasteiger partial charge >= 0.3 is 6.09 Å². The minimum Gasteiger partial charge on any atom is -0.444 e. The normalized spacial score (nSPS) is 11.0. The first kappa shape index (κ1) is 14.9. The van der Waals surface area contributed by atoms with Gasteiger partial charge in [-0.1, -0.05) is 42.5 Å². The minimum atomic E-state index is -0.555. The average molecular weight is 284 g/mol. The third-order valence-corrected chi connectivity index (χ3v) is 2.81. The summed E-state index contributed by atoms with van der Waals surface area (Å²) in [6, 6.07) is 15.3. The number of hydrogen-bond acceptors (Lipinski definition) is 3. The number of nitrogens with two attached hydrogens (primary N) is 1. The molecule has 0 saturated carbocycles. The summed E-state index contributed by atoms with van der Waals surface area (Å²) in [5.41, 5.74) is 8.36. The lowest BCUT2D eigenvalue weighted by atomic mass is 10.0. The molecule has 0 atom stereocenters. The van der Waals surface area contributed by atoms with Crippen molar-refractivity contribution < 1.29 is 9.53 Å². The molecule has 0 fully saturated rings. The van der Waals surface area contributed by atoms with Gasteiger partial charge in [0.25, 0.3) is 0 Å². The molecule has 0 aliphatic rings. The smallest absolute Gasteiger partial charge is 0.412 e. The number of para-hydroxylation sites is 1. The van der Waals surface area contributed by atoms with E-state index in [0.29, 0.717) is 11.4 Å². The van der Waals surface area contributed by atoms with Crippen molar-refractivity contribution in [3.8, 4) is 11.1 Å². The SMILES string of the molecule is CC(C)(C)OC(=O)Nc1c(N)cccc1-c1ccccc1. The van der Waals surface area contributed by atoms with Crippen molar-refractivity contribution in [2.24, 2.45) is 0 Å². The van der Waals surface area contributed by atoms with Crippen LogP contribution in [0.4, 0.5) is 16.2 Å². The van der Waals surface area contributed by atoms with Crippen LogP contribution in [0.1, 0.15) is 20.8 Å². The second-order valence-corrected chi connectivity index (χ2v) is 5.76. The average Bonchev–Trinajstić information content (AvgIpc) is 2.40. The highest BCUT2D eigenvalue weighted by Crippen LogP contribution is 2.32. The van der Waals surface area contributed by atoms with Crippen LogP contribution in [0.25, 0.3) is 11.1 Å². The van der Waals surface area contributed by atoms with Gasteiger partial charge in [0.1, 0.15) is 5.60 Å². The van der Waals surface area contributed by atoms with E-state index in [4.69, 9.17) is 10.5 Å². The largest absolute Gasteiger partial charge is 0.444 e. The molecular weight excluding hydrogens is 264 g/mol. The number of carbonyl (C=O) groups is 1. The van der Waals surface area contributed by atoms with Crippen LogP contribution in [0.5, 0.6) is 0 Å². The lowest BCUT2D eigenvalue weighted by Crippen LogP contribution is -2.27. The first-order valence-electron chi connectivity index (χ1n) is 6.81. The predicted molar refractivity (Wildman–Crippen MR) is 86.1 cm³/mol. The zero-order valence-electron chi connectivity index (χ0n) is 12.5. The predicted octanol–water partition coefficient (Wildman–Crippen LogP) is 4.28. The first-order chi connectivity index (χ1) is 9.87. The molecule has 1 amide bonds. The highest BCUT2D eigenvalue weighted by atomic mass is 16.6. The molecule has 0 heterocycles. The maximum atomic E-state index is 12.0. The molecule has 0 aliphatic carbocycles. The van der Waals surface area contributed by atoms with Crippen molar-refractivity contribution in [1.29, 1.82) is 0 Å². The van der Waals surface area contributed by atoms with Crippen LogP contribution in [0.15, 0.2) is 48.5 Å². The van der Waals surface area contributed by atoms with E-state index in [2.05, 4.69) is 5.32 Å². The van der Waals surface area contributed by atoms with E-state index in [1.807, 2.05) is 63.2 Å². The minimum absolute atomic E-state index is 0.502. The summed E-state index contributed by atoms with van der Waals surface area (Å²) < 4.78 is 5.28. The molecule has 4 nitrogen and oxygen atoms in total. The molecule has 0 bridgehead atoms. The molecule has 4 heteroatoms. The Morgan fingerprint density at radius 2 is 1.71 bits per heavy atom. The molecule has 21 heavy (non-hydrogen) atoms. The van der Waals surface area contributed by atoms with E-state index >= 15 is 0 Å². The molecule has 0 saturated heterocycles. The van der Waals surface area contributed by atoms with E-state index in [1.165, 1.54) is 0 Å². The van der Waals surface area contributed by atoms with Gasteiger partial charge < -0.3 is 10.5 Å². The molecule has 0 aromatic heterocycles. The fourth-order valence-corrected chi connectivity index (χ4v) is 1.97. The number of ether oxygens (including phenoxy) is 1. The number of rotatable bonds is 2. The summed E-state index contributed by atoms with van der Waals surface area (Å²) in [6.45, 7) is 5.46. The van der Waals surface area contributed by atoms with Crippen LogP contribution in [0.2, 0.25) is 0 Å². The van der Waals surface area contributed by atoms with Crippen molar-refractivity contribution in [2.45, 2.75) is 26.4 Å². The van der Waals surface area contributed by atoms with Gasteiger partial charge in [0.2, 0.25) is 0 Å². The molecule has 0 spiro atoms. The molecule has 2 rings (SSSR count). The molecule has 110 valence electrons.